The first kappa shape index (κ1) is 18.6. The van der Waals surface area contributed by atoms with Crippen molar-refractivity contribution in [1.82, 2.24) is 10.2 Å². The fourth-order valence-electron chi connectivity index (χ4n) is 3.97. The zero-order valence-corrected chi connectivity index (χ0v) is 16.0. The van der Waals surface area contributed by atoms with Crippen LogP contribution in [0.2, 0.25) is 0 Å². The van der Waals surface area contributed by atoms with Gasteiger partial charge < -0.3 is 24.6 Å². The summed E-state index contributed by atoms with van der Waals surface area (Å²) in [6, 6.07) is 4.72. The van der Waals surface area contributed by atoms with E-state index in [1.165, 1.54) is 0 Å². The number of rotatable bonds is 4. The van der Waals surface area contributed by atoms with Gasteiger partial charge in [0.2, 0.25) is 24.5 Å². The van der Waals surface area contributed by atoms with Gasteiger partial charge in [0.1, 0.15) is 6.04 Å². The predicted molar refractivity (Wildman–Crippen MR) is 101 cm³/mol. The quantitative estimate of drug-likeness (QED) is 0.841. The highest BCUT2D eigenvalue weighted by Crippen LogP contribution is 2.37. The van der Waals surface area contributed by atoms with Crippen LogP contribution in [0.5, 0.6) is 11.5 Å². The normalized spacial score (nSPS) is 22.3. The van der Waals surface area contributed by atoms with Crippen LogP contribution in [0.3, 0.4) is 0 Å². The van der Waals surface area contributed by atoms with E-state index in [0.29, 0.717) is 17.2 Å². The summed E-state index contributed by atoms with van der Waals surface area (Å²) >= 11 is 0. The number of carbonyl (C=O) groups is 3. The number of likely N-dealkylation sites (tertiary alicyclic amines) is 1. The molecule has 3 aliphatic rings. The molecule has 3 amide bonds. The van der Waals surface area contributed by atoms with Crippen molar-refractivity contribution in [3.8, 4) is 11.5 Å². The van der Waals surface area contributed by atoms with Crippen LogP contribution in [0.4, 0.5) is 5.69 Å². The van der Waals surface area contributed by atoms with E-state index < -0.39 is 12.0 Å². The molecule has 1 N–H and O–H groups in total. The van der Waals surface area contributed by atoms with Crippen molar-refractivity contribution in [2.75, 3.05) is 31.3 Å². The molecule has 3 heterocycles. The summed E-state index contributed by atoms with van der Waals surface area (Å²) in [5.74, 6) is 0.344. The van der Waals surface area contributed by atoms with Gasteiger partial charge in [0.25, 0.3) is 0 Å². The van der Waals surface area contributed by atoms with Crippen molar-refractivity contribution >= 4 is 23.4 Å². The number of benzene rings is 1. The molecule has 2 unspecified atom stereocenters. The highest BCUT2D eigenvalue weighted by atomic mass is 16.7. The Morgan fingerprint density at radius 2 is 1.89 bits per heavy atom. The zero-order chi connectivity index (χ0) is 19.7. The van der Waals surface area contributed by atoms with E-state index >= 15 is 0 Å². The Hall–Kier alpha value is -2.77. The zero-order valence-electron chi connectivity index (χ0n) is 16.0. The fourth-order valence-corrected chi connectivity index (χ4v) is 3.97. The molecule has 3 aliphatic heterocycles. The Kier molecular flexibility index (Phi) is 5.11. The minimum Gasteiger partial charge on any atom is -0.454 e. The number of carbonyl (C=O) groups excluding carboxylic acids is 3. The van der Waals surface area contributed by atoms with E-state index in [1.54, 1.807) is 30.0 Å². The van der Waals surface area contributed by atoms with Crippen LogP contribution in [0.15, 0.2) is 18.2 Å². The highest BCUT2D eigenvalue weighted by Gasteiger charge is 2.37. The number of fused-ring (bicyclic) bond motifs is 1. The maximum Gasteiger partial charge on any atom is 0.244 e. The van der Waals surface area contributed by atoms with Gasteiger partial charge in [0, 0.05) is 37.8 Å². The summed E-state index contributed by atoms with van der Waals surface area (Å²) in [6.07, 6.45) is 3.29. The smallest absolute Gasteiger partial charge is 0.244 e. The van der Waals surface area contributed by atoms with E-state index in [4.69, 9.17) is 9.47 Å². The summed E-state index contributed by atoms with van der Waals surface area (Å²) in [6.45, 7) is 3.66. The average Bonchev–Trinajstić information content (AvgIpc) is 3.33. The molecule has 8 heteroatoms. The first-order valence-corrected chi connectivity index (χ1v) is 9.82. The Bertz CT molecular complexity index is 790. The first-order chi connectivity index (χ1) is 13.5. The number of amides is 3. The van der Waals surface area contributed by atoms with Crippen LogP contribution in [0.1, 0.15) is 32.6 Å². The van der Waals surface area contributed by atoms with Gasteiger partial charge in [-0.2, -0.15) is 0 Å². The van der Waals surface area contributed by atoms with Gasteiger partial charge in [0.15, 0.2) is 11.5 Å². The molecule has 1 aromatic rings. The second-order valence-electron chi connectivity index (χ2n) is 7.56. The van der Waals surface area contributed by atoms with Crippen molar-refractivity contribution in [2.24, 2.45) is 5.92 Å². The average molecular weight is 387 g/mol. The topological polar surface area (TPSA) is 88.2 Å². The van der Waals surface area contributed by atoms with Gasteiger partial charge in [-0.15, -0.1) is 0 Å². The molecule has 0 aromatic heterocycles. The van der Waals surface area contributed by atoms with Crippen LogP contribution >= 0.6 is 0 Å². The summed E-state index contributed by atoms with van der Waals surface area (Å²) < 4.78 is 10.7. The third-order valence-corrected chi connectivity index (χ3v) is 5.56. The van der Waals surface area contributed by atoms with Gasteiger partial charge in [-0.1, -0.05) is 0 Å². The van der Waals surface area contributed by atoms with Crippen molar-refractivity contribution in [3.05, 3.63) is 18.2 Å². The third-order valence-electron chi connectivity index (χ3n) is 5.56. The fraction of sp³-hybridized carbons (Fsp3) is 0.550. The maximum absolute atomic E-state index is 12.6. The molecule has 1 aromatic carbocycles. The molecule has 0 spiro atoms. The number of anilines is 1. The van der Waals surface area contributed by atoms with E-state index in [0.717, 1.165) is 32.4 Å². The molecule has 2 saturated heterocycles. The number of ether oxygens (including phenoxy) is 2. The molecule has 28 heavy (non-hydrogen) atoms. The third kappa shape index (κ3) is 3.63. The van der Waals surface area contributed by atoms with Crippen LogP contribution in [-0.4, -0.2) is 55.1 Å². The van der Waals surface area contributed by atoms with Gasteiger partial charge in [-0.25, -0.2) is 0 Å². The second-order valence-corrected chi connectivity index (χ2v) is 7.56. The molecule has 0 radical (unpaired) electrons. The summed E-state index contributed by atoms with van der Waals surface area (Å²) in [5, 5.41) is 2.80. The minimum absolute atomic E-state index is 0.0509. The van der Waals surface area contributed by atoms with Crippen LogP contribution in [0, 0.1) is 5.92 Å². The molecule has 0 saturated carbocycles. The summed E-state index contributed by atoms with van der Waals surface area (Å²) in [7, 11) is 0. The number of piperidine rings is 1. The number of hydrogen-bond donors (Lipinski definition) is 1. The molecular weight excluding hydrogens is 362 g/mol. The van der Waals surface area contributed by atoms with Crippen LogP contribution in [-0.2, 0) is 14.4 Å². The molecule has 2 atom stereocenters. The van der Waals surface area contributed by atoms with Crippen LogP contribution in [0.25, 0.3) is 0 Å². The number of nitrogens with one attached hydrogen (secondary N) is 1. The Morgan fingerprint density at radius 1 is 1.14 bits per heavy atom. The monoisotopic (exact) mass is 387 g/mol. The lowest BCUT2D eigenvalue weighted by Crippen LogP contribution is -2.50. The standard InChI is InChI=1S/C20H25N3O5/c1-13(20(26)22-7-3-2-4-8-22)21-19(25)14-9-18(24)23(11-14)15-5-6-16-17(10-15)28-12-27-16/h5-6,10,13-14H,2-4,7-9,11-12H2,1H3,(H,21,25). The largest absolute Gasteiger partial charge is 0.454 e. The first-order valence-electron chi connectivity index (χ1n) is 9.82. The Labute approximate surface area is 163 Å². The minimum atomic E-state index is -0.583. The van der Waals surface area contributed by atoms with E-state index in [2.05, 4.69) is 5.32 Å². The van der Waals surface area contributed by atoms with Crippen molar-refractivity contribution in [2.45, 2.75) is 38.6 Å². The number of nitrogens with zero attached hydrogens (tertiary/aromatic N) is 2. The molecule has 0 bridgehead atoms. The molecular formula is C20H25N3O5. The van der Waals surface area contributed by atoms with Gasteiger partial charge in [-0.3, -0.25) is 14.4 Å². The van der Waals surface area contributed by atoms with E-state index in [1.807, 2.05) is 4.90 Å². The predicted octanol–water partition coefficient (Wildman–Crippen LogP) is 1.29. The lowest BCUT2D eigenvalue weighted by molar-refractivity contribution is -0.137. The van der Waals surface area contributed by atoms with Gasteiger partial charge in [-0.05, 0) is 38.3 Å². The molecule has 2 fully saturated rings. The number of hydrogen-bond acceptors (Lipinski definition) is 5. The van der Waals surface area contributed by atoms with Gasteiger partial charge >= 0.3 is 0 Å². The molecule has 4 rings (SSSR count). The molecule has 0 aliphatic carbocycles. The van der Waals surface area contributed by atoms with E-state index in [-0.39, 0.29) is 37.5 Å². The second kappa shape index (κ2) is 7.69. The van der Waals surface area contributed by atoms with Crippen molar-refractivity contribution in [3.63, 3.8) is 0 Å². The SMILES string of the molecule is CC(NC(=O)C1CC(=O)N(c2ccc3c(c2)OCO3)C1)C(=O)N1CCCCC1. The lowest BCUT2D eigenvalue weighted by atomic mass is 10.1. The van der Waals surface area contributed by atoms with Gasteiger partial charge in [0.05, 0.1) is 5.92 Å². The van der Waals surface area contributed by atoms with E-state index in [9.17, 15) is 14.4 Å². The van der Waals surface area contributed by atoms with Crippen molar-refractivity contribution < 1.29 is 23.9 Å². The molecule has 150 valence electrons. The van der Waals surface area contributed by atoms with Crippen LogP contribution < -0.4 is 19.7 Å². The van der Waals surface area contributed by atoms with Crippen molar-refractivity contribution in [1.29, 1.82) is 0 Å². The highest BCUT2D eigenvalue weighted by molar-refractivity contribution is 6.01. The maximum atomic E-state index is 12.6. The lowest BCUT2D eigenvalue weighted by Gasteiger charge is -2.29. The Morgan fingerprint density at radius 3 is 2.68 bits per heavy atom. The summed E-state index contributed by atoms with van der Waals surface area (Å²) in [4.78, 5) is 41.0. The summed E-state index contributed by atoms with van der Waals surface area (Å²) in [5.41, 5.74) is 0.682. The Balaban J connectivity index is 1.36. The molecule has 8 nitrogen and oxygen atoms in total.